The first-order valence-electron chi connectivity index (χ1n) is 7.88. The van der Waals surface area contributed by atoms with E-state index in [1.54, 1.807) is 6.92 Å². The van der Waals surface area contributed by atoms with Gasteiger partial charge < -0.3 is 19.7 Å². The van der Waals surface area contributed by atoms with Gasteiger partial charge in [-0.15, -0.1) is 0 Å². The molecule has 0 aromatic carbocycles. The Morgan fingerprint density at radius 1 is 1.05 bits per heavy atom. The lowest BCUT2D eigenvalue weighted by atomic mass is 10.0. The highest BCUT2D eigenvalue weighted by Gasteiger charge is 2.10. The summed E-state index contributed by atoms with van der Waals surface area (Å²) in [6.45, 7) is 7.97. The standard InChI is InChI=1S/C13H24O3.C3H8O2/c1-4-6-7-12(5-2)10-16-13(15)9-8-11(3)14;1-2-3(4)5/h12H,4-10H2,1-3H3;3-5H,2H2,1H3. The molecule has 0 aromatic heterocycles. The van der Waals surface area contributed by atoms with Crippen LogP contribution in [0.15, 0.2) is 0 Å². The number of unbranched alkanes of at least 4 members (excludes halogenated alkanes) is 1. The Hall–Kier alpha value is -0.940. The van der Waals surface area contributed by atoms with Crippen LogP contribution in [0, 0.1) is 5.92 Å². The molecule has 0 aromatic rings. The highest BCUT2D eigenvalue weighted by atomic mass is 16.5. The maximum atomic E-state index is 11.3. The number of aliphatic hydroxyl groups excluding tert-OH is 1. The van der Waals surface area contributed by atoms with Gasteiger partial charge in [-0.3, -0.25) is 4.79 Å². The molecule has 0 radical (unpaired) electrons. The minimum Gasteiger partial charge on any atom is -0.465 e. The average molecular weight is 304 g/mol. The number of hydrogen-bond acceptors (Lipinski definition) is 5. The molecule has 0 spiro atoms. The summed E-state index contributed by atoms with van der Waals surface area (Å²) in [6.07, 6.45) is 4.34. The monoisotopic (exact) mass is 304 g/mol. The van der Waals surface area contributed by atoms with E-state index in [0.717, 1.165) is 12.8 Å². The number of carbonyl (C=O) groups excluding carboxylic acids is 2. The van der Waals surface area contributed by atoms with Crippen molar-refractivity contribution in [2.45, 2.75) is 78.9 Å². The first-order valence-corrected chi connectivity index (χ1v) is 7.88. The van der Waals surface area contributed by atoms with Gasteiger partial charge in [-0.2, -0.15) is 0 Å². The molecule has 0 saturated carbocycles. The number of ether oxygens (including phenoxy) is 1. The number of hydrogen-bond donors (Lipinski definition) is 2. The first kappa shape index (κ1) is 22.3. The molecule has 0 fully saturated rings. The zero-order valence-corrected chi connectivity index (χ0v) is 13.9. The van der Waals surface area contributed by atoms with E-state index in [0.29, 0.717) is 25.4 Å². The fraction of sp³-hybridized carbons (Fsp3) is 0.875. The molecule has 0 bridgehead atoms. The van der Waals surface area contributed by atoms with Gasteiger partial charge in [0.05, 0.1) is 13.0 Å². The second-order valence-electron chi connectivity index (χ2n) is 5.19. The summed E-state index contributed by atoms with van der Waals surface area (Å²) in [6, 6.07) is 0. The predicted octanol–water partition coefficient (Wildman–Crippen LogP) is 2.82. The van der Waals surface area contributed by atoms with Crippen molar-refractivity contribution in [1.82, 2.24) is 0 Å². The van der Waals surface area contributed by atoms with E-state index in [2.05, 4.69) is 13.8 Å². The summed E-state index contributed by atoms with van der Waals surface area (Å²) in [5.41, 5.74) is 0. The van der Waals surface area contributed by atoms with Crippen molar-refractivity contribution in [3.05, 3.63) is 0 Å². The van der Waals surface area contributed by atoms with Gasteiger partial charge >= 0.3 is 5.97 Å². The summed E-state index contributed by atoms with van der Waals surface area (Å²) in [5.74, 6) is 0.265. The molecule has 0 aliphatic rings. The van der Waals surface area contributed by atoms with Crippen LogP contribution in [0.1, 0.15) is 72.6 Å². The van der Waals surface area contributed by atoms with Gasteiger partial charge in [0, 0.05) is 6.42 Å². The van der Waals surface area contributed by atoms with E-state index < -0.39 is 6.29 Å². The molecular weight excluding hydrogens is 272 g/mol. The maximum absolute atomic E-state index is 11.3. The fourth-order valence-electron chi connectivity index (χ4n) is 1.46. The first-order chi connectivity index (χ1) is 9.87. The lowest BCUT2D eigenvalue weighted by Gasteiger charge is -2.14. The minimum atomic E-state index is -1.12. The zero-order valence-electron chi connectivity index (χ0n) is 13.9. The molecule has 5 nitrogen and oxygen atoms in total. The topological polar surface area (TPSA) is 83.8 Å². The number of esters is 1. The zero-order chi connectivity index (χ0) is 16.7. The van der Waals surface area contributed by atoms with Crippen molar-refractivity contribution >= 4 is 11.8 Å². The molecule has 5 heteroatoms. The molecule has 126 valence electrons. The average Bonchev–Trinajstić information content (AvgIpc) is 2.45. The van der Waals surface area contributed by atoms with Crippen molar-refractivity contribution in [2.24, 2.45) is 5.92 Å². The minimum absolute atomic E-state index is 0.0370. The second-order valence-corrected chi connectivity index (χ2v) is 5.19. The van der Waals surface area contributed by atoms with Crippen LogP contribution in [0.3, 0.4) is 0 Å². The maximum Gasteiger partial charge on any atom is 0.306 e. The Kier molecular flexibility index (Phi) is 16.4. The van der Waals surface area contributed by atoms with Gasteiger partial charge in [-0.25, -0.2) is 0 Å². The number of Topliss-reactive ketones (excluding diaryl/α,β-unsaturated/α-hetero) is 1. The van der Waals surface area contributed by atoms with Gasteiger partial charge in [0.1, 0.15) is 5.78 Å². The Morgan fingerprint density at radius 3 is 2.00 bits per heavy atom. The van der Waals surface area contributed by atoms with Gasteiger partial charge in [0.25, 0.3) is 0 Å². The highest BCUT2D eigenvalue weighted by molar-refractivity contribution is 5.80. The van der Waals surface area contributed by atoms with E-state index in [1.165, 1.54) is 19.8 Å². The van der Waals surface area contributed by atoms with Gasteiger partial charge in [0.2, 0.25) is 0 Å². The SMILES string of the molecule is CCC(O)O.CCCCC(CC)COC(=O)CCC(C)=O. The number of aliphatic hydroxyl groups is 2. The van der Waals surface area contributed by atoms with Crippen LogP contribution in [0.2, 0.25) is 0 Å². The normalized spacial score (nSPS) is 11.6. The molecule has 1 atom stereocenters. The quantitative estimate of drug-likeness (QED) is 0.479. The molecule has 1 unspecified atom stereocenters. The van der Waals surface area contributed by atoms with Crippen molar-refractivity contribution in [1.29, 1.82) is 0 Å². The Balaban J connectivity index is 0. The fourth-order valence-corrected chi connectivity index (χ4v) is 1.46. The molecular formula is C16H32O5. The summed E-state index contributed by atoms with van der Waals surface area (Å²) >= 11 is 0. The Bertz CT molecular complexity index is 263. The number of rotatable bonds is 10. The van der Waals surface area contributed by atoms with Crippen LogP contribution in [0.5, 0.6) is 0 Å². The predicted molar refractivity (Wildman–Crippen MR) is 82.7 cm³/mol. The summed E-state index contributed by atoms with van der Waals surface area (Å²) < 4.78 is 5.15. The van der Waals surface area contributed by atoms with Crippen LogP contribution >= 0.6 is 0 Å². The Morgan fingerprint density at radius 2 is 1.62 bits per heavy atom. The molecule has 0 rings (SSSR count). The third-order valence-corrected chi connectivity index (χ3v) is 3.07. The molecule has 0 saturated heterocycles. The van der Waals surface area contributed by atoms with Crippen molar-refractivity contribution in [3.63, 3.8) is 0 Å². The molecule has 21 heavy (non-hydrogen) atoms. The van der Waals surface area contributed by atoms with Crippen LogP contribution in [0.4, 0.5) is 0 Å². The van der Waals surface area contributed by atoms with E-state index in [4.69, 9.17) is 14.9 Å². The van der Waals surface area contributed by atoms with Crippen LogP contribution in [-0.4, -0.2) is 34.9 Å². The van der Waals surface area contributed by atoms with Crippen LogP contribution in [-0.2, 0) is 14.3 Å². The van der Waals surface area contributed by atoms with E-state index in [9.17, 15) is 9.59 Å². The van der Waals surface area contributed by atoms with Crippen LogP contribution < -0.4 is 0 Å². The second kappa shape index (κ2) is 15.4. The summed E-state index contributed by atoms with van der Waals surface area (Å²) in [7, 11) is 0. The molecule has 0 amide bonds. The summed E-state index contributed by atoms with van der Waals surface area (Å²) in [5, 5.41) is 15.8. The van der Waals surface area contributed by atoms with Gasteiger partial charge in [0.15, 0.2) is 6.29 Å². The third-order valence-electron chi connectivity index (χ3n) is 3.07. The number of ketones is 1. The summed E-state index contributed by atoms with van der Waals surface area (Å²) in [4.78, 5) is 21.9. The van der Waals surface area contributed by atoms with Crippen molar-refractivity contribution in [3.8, 4) is 0 Å². The van der Waals surface area contributed by atoms with Gasteiger partial charge in [-0.1, -0.05) is 40.0 Å². The number of carbonyl (C=O) groups is 2. The molecule has 0 aliphatic carbocycles. The lowest BCUT2D eigenvalue weighted by Crippen LogP contribution is -2.14. The van der Waals surface area contributed by atoms with E-state index in [1.807, 2.05) is 0 Å². The largest absolute Gasteiger partial charge is 0.465 e. The van der Waals surface area contributed by atoms with Crippen molar-refractivity contribution < 1.29 is 24.5 Å². The Labute approximate surface area is 128 Å². The van der Waals surface area contributed by atoms with Crippen LogP contribution in [0.25, 0.3) is 0 Å². The smallest absolute Gasteiger partial charge is 0.306 e. The molecule has 0 heterocycles. The lowest BCUT2D eigenvalue weighted by molar-refractivity contribution is -0.146. The van der Waals surface area contributed by atoms with Crippen molar-refractivity contribution in [2.75, 3.05) is 6.61 Å². The van der Waals surface area contributed by atoms with E-state index in [-0.39, 0.29) is 18.2 Å². The van der Waals surface area contributed by atoms with E-state index >= 15 is 0 Å². The highest BCUT2D eigenvalue weighted by Crippen LogP contribution is 2.13. The third kappa shape index (κ3) is 19.1. The molecule has 0 aliphatic heterocycles. The molecule has 2 N–H and O–H groups in total. The van der Waals surface area contributed by atoms with Gasteiger partial charge in [-0.05, 0) is 25.7 Å².